The minimum absolute atomic E-state index is 0. The van der Waals surface area contributed by atoms with Crippen LogP contribution in [0.3, 0.4) is 0 Å². The fourth-order valence-electron chi connectivity index (χ4n) is 6.54. The molecule has 1 aromatic carbocycles. The largest absolute Gasteiger partial charge is 1.00 e. The Labute approximate surface area is 219 Å². The van der Waals surface area contributed by atoms with Gasteiger partial charge >= 0.3 is 0 Å². The molecule has 0 radical (unpaired) electrons. The predicted molar refractivity (Wildman–Crippen MR) is 130 cm³/mol. The number of fused-ring (bicyclic) bond motifs is 2. The highest BCUT2D eigenvalue weighted by atomic mass is 79.9. The first-order valence-corrected chi connectivity index (χ1v) is 13.0. The monoisotopic (exact) mass is 589 g/mol. The number of nitrogens with zero attached hydrogens (tertiary/aromatic N) is 1. The Morgan fingerprint density at radius 3 is 2.36 bits per heavy atom. The normalized spacial score (nSPS) is 29.5. The van der Waals surface area contributed by atoms with E-state index in [1.54, 1.807) is 14.2 Å². The fourth-order valence-corrected chi connectivity index (χ4v) is 6.99. The van der Waals surface area contributed by atoms with Crippen LogP contribution in [0, 0.1) is 29.1 Å². The van der Waals surface area contributed by atoms with Crippen LogP contribution < -0.4 is 26.5 Å². The van der Waals surface area contributed by atoms with Crippen molar-refractivity contribution in [2.45, 2.75) is 40.2 Å². The van der Waals surface area contributed by atoms with Crippen LogP contribution in [0.2, 0.25) is 0 Å². The summed E-state index contributed by atoms with van der Waals surface area (Å²) in [5.74, 6) is 4.82. The van der Waals surface area contributed by atoms with Gasteiger partial charge in [0.05, 0.1) is 34.0 Å². The van der Waals surface area contributed by atoms with Gasteiger partial charge < -0.3 is 40.4 Å². The molecule has 4 fully saturated rings. The number of quaternary nitrogens is 1. The van der Waals surface area contributed by atoms with Crippen LogP contribution in [0.25, 0.3) is 0 Å². The van der Waals surface area contributed by atoms with Crippen molar-refractivity contribution >= 4 is 15.9 Å². The quantitative estimate of drug-likeness (QED) is 0.326. The first-order chi connectivity index (χ1) is 15.3. The highest BCUT2D eigenvalue weighted by Crippen LogP contribution is 2.62. The van der Waals surface area contributed by atoms with Gasteiger partial charge in [-0.1, -0.05) is 36.7 Å². The van der Waals surface area contributed by atoms with E-state index < -0.39 is 0 Å². The number of halogens is 2. The molecule has 5 rings (SSSR count). The van der Waals surface area contributed by atoms with Crippen molar-refractivity contribution in [3.05, 3.63) is 22.2 Å². The zero-order valence-electron chi connectivity index (χ0n) is 20.9. The van der Waals surface area contributed by atoms with E-state index in [1.807, 2.05) is 6.07 Å². The van der Waals surface area contributed by atoms with E-state index in [0.717, 1.165) is 96.7 Å². The lowest BCUT2D eigenvalue weighted by Crippen LogP contribution is -3.00. The summed E-state index contributed by atoms with van der Waals surface area (Å²) in [5, 5.41) is 0. The average Bonchev–Trinajstić information content (AvgIpc) is 2.79. The molecule has 1 aromatic rings. The molecular formula is C26H41Br2NO4. The zero-order valence-corrected chi connectivity index (χ0v) is 24.0. The summed E-state index contributed by atoms with van der Waals surface area (Å²) in [5.41, 5.74) is 1.79. The standard InChI is InChI=1S/C26H41BrNO4.BrH/c1-18-20(12-21-14-22(18)26(21,2)3)17-32-11-8-28(6-9-31-10-7-28)16-19-13-24(29-4)25(30-5)15-23(19)27;/h13,15,18,20-22H,6-12,14,16-17H2,1-5H3;1H/q+1;/p-1/t18-,20?,21-,22-;/m0./s1. The van der Waals surface area contributed by atoms with E-state index in [0.29, 0.717) is 5.41 Å². The van der Waals surface area contributed by atoms with E-state index >= 15 is 0 Å². The highest BCUT2D eigenvalue weighted by Gasteiger charge is 2.56. The number of methoxy groups -OCH3 is 2. The molecule has 3 aliphatic carbocycles. The van der Waals surface area contributed by atoms with Gasteiger partial charge in [-0.15, -0.1) is 0 Å². The molecule has 3 saturated carbocycles. The summed E-state index contributed by atoms with van der Waals surface area (Å²) < 4.78 is 25.1. The number of morpholine rings is 1. The van der Waals surface area contributed by atoms with Crippen molar-refractivity contribution in [1.82, 2.24) is 0 Å². The molecule has 2 bridgehead atoms. The molecule has 4 aliphatic rings. The number of hydrogen-bond donors (Lipinski definition) is 0. The van der Waals surface area contributed by atoms with Crippen molar-refractivity contribution in [3.63, 3.8) is 0 Å². The summed E-state index contributed by atoms with van der Waals surface area (Å²) in [4.78, 5) is 0. The van der Waals surface area contributed by atoms with Gasteiger partial charge in [0.15, 0.2) is 11.5 Å². The smallest absolute Gasteiger partial charge is 0.161 e. The molecule has 1 aliphatic heterocycles. The number of rotatable bonds is 9. The fraction of sp³-hybridized carbons (Fsp3) is 0.769. The number of hydrogen-bond acceptors (Lipinski definition) is 4. The van der Waals surface area contributed by atoms with E-state index in [9.17, 15) is 0 Å². The van der Waals surface area contributed by atoms with Gasteiger partial charge in [0.2, 0.25) is 0 Å². The third kappa shape index (κ3) is 5.58. The van der Waals surface area contributed by atoms with E-state index in [-0.39, 0.29) is 17.0 Å². The number of ether oxygens (including phenoxy) is 4. The van der Waals surface area contributed by atoms with Crippen LogP contribution in [0.5, 0.6) is 11.5 Å². The Hall–Kier alpha value is -0.340. The number of benzene rings is 1. The molecule has 7 heteroatoms. The van der Waals surface area contributed by atoms with E-state index in [4.69, 9.17) is 18.9 Å². The molecular weight excluding hydrogens is 550 g/mol. The summed E-state index contributed by atoms with van der Waals surface area (Å²) in [7, 11) is 3.37. The molecule has 188 valence electrons. The van der Waals surface area contributed by atoms with E-state index in [2.05, 4.69) is 42.8 Å². The second-order valence-corrected chi connectivity index (χ2v) is 11.7. The van der Waals surface area contributed by atoms with Gasteiger partial charge in [-0.25, -0.2) is 0 Å². The van der Waals surface area contributed by atoms with Gasteiger partial charge in [0, 0.05) is 16.6 Å². The molecule has 0 N–H and O–H groups in total. The Morgan fingerprint density at radius 2 is 1.76 bits per heavy atom. The zero-order chi connectivity index (χ0) is 22.9. The minimum atomic E-state index is 0. The van der Waals surface area contributed by atoms with Crippen LogP contribution in [-0.2, 0) is 16.0 Å². The molecule has 4 atom stereocenters. The van der Waals surface area contributed by atoms with Gasteiger partial charge in [0.1, 0.15) is 26.2 Å². The van der Waals surface area contributed by atoms with Crippen molar-refractivity contribution in [2.75, 3.05) is 60.3 Å². The van der Waals surface area contributed by atoms with E-state index in [1.165, 1.54) is 18.4 Å². The Kier molecular flexibility index (Phi) is 9.21. The lowest BCUT2D eigenvalue weighted by atomic mass is 9.43. The molecule has 0 amide bonds. The maximum absolute atomic E-state index is 6.34. The summed E-state index contributed by atoms with van der Waals surface area (Å²) in [6.45, 7) is 14.7. The molecule has 0 spiro atoms. The van der Waals surface area contributed by atoms with Crippen molar-refractivity contribution in [1.29, 1.82) is 0 Å². The van der Waals surface area contributed by atoms with Gasteiger partial charge in [0.25, 0.3) is 0 Å². The molecule has 1 saturated heterocycles. The Balaban J connectivity index is 0.00000306. The van der Waals surface area contributed by atoms with Crippen molar-refractivity contribution in [2.24, 2.45) is 29.1 Å². The Morgan fingerprint density at radius 1 is 1.09 bits per heavy atom. The van der Waals surface area contributed by atoms with Crippen LogP contribution in [0.4, 0.5) is 0 Å². The lowest BCUT2D eigenvalue weighted by molar-refractivity contribution is -0.947. The third-order valence-corrected chi connectivity index (χ3v) is 9.77. The van der Waals surface area contributed by atoms with Crippen LogP contribution in [0.1, 0.15) is 39.2 Å². The molecule has 1 heterocycles. The first-order valence-electron chi connectivity index (χ1n) is 12.2. The maximum Gasteiger partial charge on any atom is 0.161 e. The molecule has 33 heavy (non-hydrogen) atoms. The van der Waals surface area contributed by atoms with Gasteiger partial charge in [-0.05, 0) is 54.1 Å². The average molecular weight is 591 g/mol. The van der Waals surface area contributed by atoms with Crippen LogP contribution >= 0.6 is 15.9 Å². The molecule has 1 unspecified atom stereocenters. The molecule has 0 aromatic heterocycles. The predicted octanol–water partition coefficient (Wildman–Crippen LogP) is 2.15. The summed E-state index contributed by atoms with van der Waals surface area (Å²) in [6, 6.07) is 4.12. The van der Waals surface area contributed by atoms with Crippen molar-refractivity contribution < 1.29 is 40.4 Å². The first kappa shape index (κ1) is 27.3. The highest BCUT2D eigenvalue weighted by molar-refractivity contribution is 9.10. The van der Waals surface area contributed by atoms with Crippen molar-refractivity contribution in [3.8, 4) is 11.5 Å². The van der Waals surface area contributed by atoms with Gasteiger partial charge in [-0.2, -0.15) is 0 Å². The SMILES string of the molecule is COc1cc(Br)c(C[N+]2(CCOCC3C[C@H]4C[C@@H]([C@H]3C)C4(C)C)CCOCC2)cc1OC.[Br-]. The lowest BCUT2D eigenvalue weighted by Gasteiger charge is -2.62. The van der Waals surface area contributed by atoms with Crippen LogP contribution in [-0.4, -0.2) is 64.8 Å². The summed E-state index contributed by atoms with van der Waals surface area (Å²) in [6.07, 6.45) is 2.78. The maximum atomic E-state index is 6.34. The Bertz CT molecular complexity index is 797. The second kappa shape index (κ2) is 11.2. The topological polar surface area (TPSA) is 36.9 Å². The van der Waals surface area contributed by atoms with Gasteiger partial charge in [-0.3, -0.25) is 0 Å². The second-order valence-electron chi connectivity index (χ2n) is 10.9. The third-order valence-electron chi connectivity index (χ3n) is 9.03. The molecule has 5 nitrogen and oxygen atoms in total. The minimum Gasteiger partial charge on any atom is -1.00 e. The summed E-state index contributed by atoms with van der Waals surface area (Å²) >= 11 is 3.75. The van der Waals surface area contributed by atoms with Crippen LogP contribution in [0.15, 0.2) is 16.6 Å².